The maximum absolute atomic E-state index is 12.9. The summed E-state index contributed by atoms with van der Waals surface area (Å²) in [6.07, 6.45) is 83.5. The standard InChI is InChI=1S/C75H137NO8/c1-6-8-10-12-14-16-18-20-22-24-26-28-30-32-34-35-36-37-38-40-41-43-45-47-49-51-53-55-57-59-61-63-65-72(77)82-69-71(70-83-75(74(79)80)81-68-67-76(3,4)5)84-73(78)66-64-62-60-58-56-54-52-50-48-46-44-42-39-33-31-29-27-25-23-21-19-17-15-13-11-9-7-2/h9,11,15,17,21,23,27,29,33,39,71,75H,6-8,10,12-14,16,18-20,22,24-26,28,30-32,34-38,40-70H2,1-5H3/p+1/b11-9-,17-15-,23-21-,29-27-,39-33-. The molecule has 0 amide bonds. The molecule has 2 atom stereocenters. The number of allylic oxidation sites excluding steroid dienone is 10. The molecule has 0 bridgehead atoms. The molecular weight excluding hydrogens is 1040 g/mol. The number of carbonyl (C=O) groups excluding carboxylic acids is 2. The van der Waals surface area contributed by atoms with Crippen molar-refractivity contribution in [2.24, 2.45) is 0 Å². The molecule has 0 aliphatic rings. The molecule has 0 saturated carbocycles. The summed E-state index contributed by atoms with van der Waals surface area (Å²) >= 11 is 0. The third-order valence-electron chi connectivity index (χ3n) is 16.0. The molecule has 9 nitrogen and oxygen atoms in total. The first kappa shape index (κ1) is 81.0. The van der Waals surface area contributed by atoms with Crippen molar-refractivity contribution in [1.82, 2.24) is 0 Å². The summed E-state index contributed by atoms with van der Waals surface area (Å²) in [6.45, 7) is 4.82. The number of hydrogen-bond acceptors (Lipinski definition) is 7. The zero-order chi connectivity index (χ0) is 61.2. The lowest BCUT2D eigenvalue weighted by Crippen LogP contribution is -2.40. The highest BCUT2D eigenvalue weighted by Crippen LogP contribution is 2.19. The van der Waals surface area contributed by atoms with E-state index in [1.54, 1.807) is 0 Å². The minimum atomic E-state index is -1.51. The molecular formula is C75H138NO8+. The quantitative estimate of drug-likeness (QED) is 0.0211. The Balaban J connectivity index is 4.06. The second-order valence-corrected chi connectivity index (χ2v) is 25.5. The minimum absolute atomic E-state index is 0.181. The minimum Gasteiger partial charge on any atom is -0.477 e. The van der Waals surface area contributed by atoms with Crippen LogP contribution in [-0.4, -0.2) is 87.4 Å². The van der Waals surface area contributed by atoms with Crippen molar-refractivity contribution in [3.05, 3.63) is 60.8 Å². The summed E-state index contributed by atoms with van der Waals surface area (Å²) in [5.41, 5.74) is 0. The molecule has 9 heteroatoms. The number of nitrogens with zero attached hydrogens (tertiary/aromatic N) is 1. The van der Waals surface area contributed by atoms with Gasteiger partial charge in [-0.3, -0.25) is 9.59 Å². The summed E-state index contributed by atoms with van der Waals surface area (Å²) in [7, 11) is 5.98. The molecule has 0 fully saturated rings. The van der Waals surface area contributed by atoms with Gasteiger partial charge in [0.15, 0.2) is 6.10 Å². The van der Waals surface area contributed by atoms with E-state index in [1.807, 2.05) is 21.1 Å². The Morgan fingerprint density at radius 1 is 0.369 bits per heavy atom. The van der Waals surface area contributed by atoms with Gasteiger partial charge < -0.3 is 28.5 Å². The number of carbonyl (C=O) groups is 3. The molecule has 0 saturated heterocycles. The van der Waals surface area contributed by atoms with Crippen LogP contribution in [0.2, 0.25) is 0 Å². The van der Waals surface area contributed by atoms with Gasteiger partial charge in [-0.15, -0.1) is 0 Å². The van der Waals surface area contributed by atoms with E-state index in [0.29, 0.717) is 17.4 Å². The van der Waals surface area contributed by atoms with Crippen molar-refractivity contribution in [3.8, 4) is 0 Å². The van der Waals surface area contributed by atoms with Crippen LogP contribution in [0.25, 0.3) is 0 Å². The smallest absolute Gasteiger partial charge is 0.361 e. The highest BCUT2D eigenvalue weighted by molar-refractivity contribution is 5.71. The molecule has 84 heavy (non-hydrogen) atoms. The van der Waals surface area contributed by atoms with Gasteiger partial charge in [-0.2, -0.15) is 0 Å². The average Bonchev–Trinajstić information content (AvgIpc) is 3.51. The summed E-state index contributed by atoms with van der Waals surface area (Å²) in [4.78, 5) is 37.6. The first-order valence-electron chi connectivity index (χ1n) is 36.0. The third-order valence-corrected chi connectivity index (χ3v) is 16.0. The van der Waals surface area contributed by atoms with Gasteiger partial charge >= 0.3 is 17.9 Å². The number of unbranched alkanes of at least 4 members (excludes halogenated alkanes) is 42. The van der Waals surface area contributed by atoms with Crippen LogP contribution in [0.5, 0.6) is 0 Å². The second-order valence-electron chi connectivity index (χ2n) is 25.5. The van der Waals surface area contributed by atoms with Gasteiger partial charge in [0.25, 0.3) is 6.29 Å². The number of likely N-dealkylation sites (N-methyl/N-ethyl adjacent to an activating group) is 1. The van der Waals surface area contributed by atoms with E-state index in [-0.39, 0.29) is 32.2 Å². The van der Waals surface area contributed by atoms with Crippen molar-refractivity contribution in [2.75, 3.05) is 47.5 Å². The molecule has 0 spiro atoms. The van der Waals surface area contributed by atoms with E-state index in [1.165, 1.54) is 238 Å². The highest BCUT2D eigenvalue weighted by Gasteiger charge is 2.25. The van der Waals surface area contributed by atoms with Crippen LogP contribution in [0, 0.1) is 0 Å². The molecule has 0 aromatic carbocycles. The third kappa shape index (κ3) is 66.5. The number of rotatable bonds is 67. The second kappa shape index (κ2) is 66.0. The number of quaternary nitrogens is 1. The normalized spacial score (nSPS) is 13.0. The van der Waals surface area contributed by atoms with Crippen LogP contribution < -0.4 is 0 Å². The van der Waals surface area contributed by atoms with Crippen molar-refractivity contribution in [2.45, 2.75) is 354 Å². The molecule has 1 N–H and O–H groups in total. The van der Waals surface area contributed by atoms with Crippen LogP contribution in [-0.2, 0) is 33.3 Å². The first-order chi connectivity index (χ1) is 41.1. The maximum atomic E-state index is 12.9. The molecule has 0 aromatic rings. The van der Waals surface area contributed by atoms with Gasteiger partial charge in [-0.1, -0.05) is 331 Å². The number of carboxylic acid groups (broad SMARTS) is 1. The first-order valence-corrected chi connectivity index (χ1v) is 36.0. The van der Waals surface area contributed by atoms with Gasteiger partial charge in [0.1, 0.15) is 13.2 Å². The lowest BCUT2D eigenvalue weighted by atomic mass is 10.0. The fourth-order valence-electron chi connectivity index (χ4n) is 10.6. The molecule has 0 aromatic heterocycles. The molecule has 490 valence electrons. The summed E-state index contributed by atoms with van der Waals surface area (Å²) in [5, 5.41) is 9.75. The zero-order valence-electron chi connectivity index (χ0n) is 56.1. The van der Waals surface area contributed by atoms with E-state index in [4.69, 9.17) is 18.9 Å². The summed E-state index contributed by atoms with van der Waals surface area (Å²) in [5.74, 6) is -1.99. The molecule has 0 heterocycles. The number of ether oxygens (including phenoxy) is 4. The van der Waals surface area contributed by atoms with E-state index in [0.717, 1.165) is 77.0 Å². The van der Waals surface area contributed by atoms with Crippen LogP contribution in [0.15, 0.2) is 60.8 Å². The Morgan fingerprint density at radius 3 is 1.01 bits per heavy atom. The molecule has 0 aliphatic carbocycles. The number of esters is 2. The van der Waals surface area contributed by atoms with E-state index in [9.17, 15) is 19.5 Å². The van der Waals surface area contributed by atoms with Crippen molar-refractivity contribution < 1.29 is 42.9 Å². The van der Waals surface area contributed by atoms with Crippen LogP contribution >= 0.6 is 0 Å². The zero-order valence-corrected chi connectivity index (χ0v) is 56.1. The fourth-order valence-corrected chi connectivity index (χ4v) is 10.6. The van der Waals surface area contributed by atoms with Crippen LogP contribution in [0.1, 0.15) is 341 Å². The largest absolute Gasteiger partial charge is 0.477 e. The molecule has 0 radical (unpaired) electrons. The van der Waals surface area contributed by atoms with Crippen molar-refractivity contribution in [1.29, 1.82) is 0 Å². The maximum Gasteiger partial charge on any atom is 0.361 e. The lowest BCUT2D eigenvalue weighted by molar-refractivity contribution is -0.870. The van der Waals surface area contributed by atoms with Crippen molar-refractivity contribution in [3.63, 3.8) is 0 Å². The van der Waals surface area contributed by atoms with Gasteiger partial charge in [0, 0.05) is 12.8 Å². The summed E-state index contributed by atoms with van der Waals surface area (Å²) in [6, 6.07) is 0. The van der Waals surface area contributed by atoms with Crippen LogP contribution in [0.3, 0.4) is 0 Å². The van der Waals surface area contributed by atoms with Gasteiger partial charge in [0.05, 0.1) is 34.4 Å². The fraction of sp³-hybridized carbons (Fsp3) is 0.827. The van der Waals surface area contributed by atoms with Gasteiger partial charge in [-0.05, 0) is 57.8 Å². The Kier molecular flexibility index (Phi) is 63.6. The average molecular weight is 1180 g/mol. The van der Waals surface area contributed by atoms with E-state index < -0.39 is 24.3 Å². The Labute approximate surface area is 520 Å². The SMILES string of the molecule is CC/C=C\C/C=C\C/C=C\C/C=C\C/C=C\CCCCCCCCCCCCCC(=O)OC(COC(=O)CCCCCCCCCCCCCCCCCCCCCCCCCCCCCCCCCC)COC(OCC[N+](C)(C)C)C(=O)O. The predicted octanol–water partition coefficient (Wildman–Crippen LogP) is 22.3. The van der Waals surface area contributed by atoms with E-state index >= 15 is 0 Å². The van der Waals surface area contributed by atoms with E-state index in [2.05, 4.69) is 74.6 Å². The molecule has 0 rings (SSSR count). The Bertz CT molecular complexity index is 1560. The van der Waals surface area contributed by atoms with Gasteiger partial charge in [-0.25, -0.2) is 4.79 Å². The predicted molar refractivity (Wildman–Crippen MR) is 360 cm³/mol. The summed E-state index contributed by atoms with van der Waals surface area (Å²) < 4.78 is 23.0. The highest BCUT2D eigenvalue weighted by atomic mass is 16.7. The number of hydrogen-bond donors (Lipinski definition) is 1. The topological polar surface area (TPSA) is 108 Å². The monoisotopic (exact) mass is 1180 g/mol. The molecule has 2 unspecified atom stereocenters. The number of aliphatic carboxylic acids is 1. The van der Waals surface area contributed by atoms with Crippen LogP contribution in [0.4, 0.5) is 0 Å². The van der Waals surface area contributed by atoms with Crippen molar-refractivity contribution >= 4 is 17.9 Å². The Hall–Kier alpha value is -3.01. The molecule has 0 aliphatic heterocycles. The number of carboxylic acids is 1. The van der Waals surface area contributed by atoms with Gasteiger partial charge in [0.2, 0.25) is 0 Å². The Morgan fingerprint density at radius 2 is 0.679 bits per heavy atom. The lowest BCUT2D eigenvalue weighted by Gasteiger charge is -2.25.